The Morgan fingerprint density at radius 1 is 1.15 bits per heavy atom. The lowest BCUT2D eigenvalue weighted by Gasteiger charge is -2.14. The maximum atomic E-state index is 12.6. The highest BCUT2D eigenvalue weighted by Crippen LogP contribution is 2.29. The lowest BCUT2D eigenvalue weighted by Crippen LogP contribution is -2.20. The maximum absolute atomic E-state index is 12.6. The second-order valence-electron chi connectivity index (χ2n) is 4.38. The number of primary amides is 1. The van der Waals surface area contributed by atoms with Crippen LogP contribution in [0.2, 0.25) is 0 Å². The minimum atomic E-state index is -4.62. The summed E-state index contributed by atoms with van der Waals surface area (Å²) in [7, 11) is 0. The number of nitrogens with two attached hydrogens (primary N) is 1. The van der Waals surface area contributed by atoms with Crippen LogP contribution in [0.4, 0.5) is 13.2 Å². The van der Waals surface area contributed by atoms with Crippen molar-refractivity contribution >= 4 is 5.91 Å². The molecule has 20 heavy (non-hydrogen) atoms. The molecule has 4 nitrogen and oxygen atoms in total. The fourth-order valence-electron chi connectivity index (χ4n) is 2.02. The molecule has 1 amide bonds. The van der Waals surface area contributed by atoms with Crippen molar-refractivity contribution in [2.45, 2.75) is 20.0 Å². The Balaban J connectivity index is 2.69. The van der Waals surface area contributed by atoms with Crippen molar-refractivity contribution in [3.8, 4) is 5.69 Å². The van der Waals surface area contributed by atoms with Crippen molar-refractivity contribution in [3.05, 3.63) is 47.0 Å². The van der Waals surface area contributed by atoms with Crippen LogP contribution >= 0.6 is 0 Å². The SMILES string of the molecule is Cc1ccc(C)n1-c1ccc(C(F)(F)F)nc1C(N)=O. The van der Waals surface area contributed by atoms with Crippen LogP contribution in [0.3, 0.4) is 0 Å². The number of amides is 1. The number of halogens is 3. The molecule has 2 rings (SSSR count). The predicted octanol–water partition coefficient (Wildman–Crippen LogP) is 2.61. The third kappa shape index (κ3) is 2.38. The maximum Gasteiger partial charge on any atom is 0.433 e. The van der Waals surface area contributed by atoms with E-state index in [1.54, 1.807) is 30.5 Å². The topological polar surface area (TPSA) is 60.9 Å². The molecule has 0 aliphatic rings. The number of rotatable bonds is 2. The van der Waals surface area contributed by atoms with E-state index in [2.05, 4.69) is 4.98 Å². The number of hydrogen-bond donors (Lipinski definition) is 1. The molecule has 0 aliphatic heterocycles. The van der Waals surface area contributed by atoms with E-state index >= 15 is 0 Å². The number of hydrogen-bond acceptors (Lipinski definition) is 2. The Labute approximate surface area is 113 Å². The fraction of sp³-hybridized carbons (Fsp3) is 0.231. The first-order valence-electron chi connectivity index (χ1n) is 5.75. The van der Waals surface area contributed by atoms with Gasteiger partial charge in [-0.3, -0.25) is 4.79 Å². The minimum Gasteiger partial charge on any atom is -0.364 e. The first kappa shape index (κ1) is 14.1. The number of carbonyl (C=O) groups excluding carboxylic acids is 1. The molecule has 106 valence electrons. The number of pyridine rings is 1. The molecule has 0 radical (unpaired) electrons. The molecule has 0 atom stereocenters. The number of aryl methyl sites for hydroxylation is 2. The third-order valence-corrected chi connectivity index (χ3v) is 2.91. The van der Waals surface area contributed by atoms with Gasteiger partial charge < -0.3 is 10.3 Å². The molecule has 0 fully saturated rings. The van der Waals surface area contributed by atoms with Crippen LogP contribution in [0, 0.1) is 13.8 Å². The molecule has 2 heterocycles. The van der Waals surface area contributed by atoms with Gasteiger partial charge in [-0.25, -0.2) is 4.98 Å². The van der Waals surface area contributed by atoms with Gasteiger partial charge in [0.15, 0.2) is 5.69 Å². The second-order valence-corrected chi connectivity index (χ2v) is 4.38. The molecule has 0 saturated heterocycles. The predicted molar refractivity (Wildman–Crippen MR) is 66.6 cm³/mol. The van der Waals surface area contributed by atoms with Crippen molar-refractivity contribution in [1.82, 2.24) is 9.55 Å². The second kappa shape index (κ2) is 4.66. The van der Waals surface area contributed by atoms with Crippen LogP contribution in [-0.4, -0.2) is 15.5 Å². The van der Waals surface area contributed by atoms with Crippen molar-refractivity contribution in [1.29, 1.82) is 0 Å². The van der Waals surface area contributed by atoms with Gasteiger partial charge >= 0.3 is 6.18 Å². The van der Waals surface area contributed by atoms with Crippen LogP contribution in [-0.2, 0) is 6.18 Å². The summed E-state index contributed by atoms with van der Waals surface area (Å²) in [6.07, 6.45) is -4.62. The van der Waals surface area contributed by atoms with Gasteiger partial charge in [-0.05, 0) is 38.1 Å². The zero-order valence-electron chi connectivity index (χ0n) is 10.8. The van der Waals surface area contributed by atoms with E-state index in [4.69, 9.17) is 5.73 Å². The summed E-state index contributed by atoms with van der Waals surface area (Å²) in [6, 6.07) is 5.62. The van der Waals surface area contributed by atoms with Gasteiger partial charge in [0.1, 0.15) is 5.69 Å². The minimum absolute atomic E-state index is 0.241. The number of aromatic nitrogens is 2. The monoisotopic (exact) mass is 283 g/mol. The number of carbonyl (C=O) groups is 1. The van der Waals surface area contributed by atoms with E-state index in [1.165, 1.54) is 6.07 Å². The van der Waals surface area contributed by atoms with E-state index in [1.807, 2.05) is 0 Å². The highest BCUT2D eigenvalue weighted by Gasteiger charge is 2.33. The van der Waals surface area contributed by atoms with Gasteiger partial charge in [-0.1, -0.05) is 0 Å². The van der Waals surface area contributed by atoms with E-state index in [0.717, 1.165) is 17.5 Å². The summed E-state index contributed by atoms with van der Waals surface area (Å²) in [4.78, 5) is 14.8. The van der Waals surface area contributed by atoms with Gasteiger partial charge in [0, 0.05) is 11.4 Å². The van der Waals surface area contributed by atoms with Crippen LogP contribution in [0.25, 0.3) is 5.69 Å². The van der Waals surface area contributed by atoms with Gasteiger partial charge in [-0.2, -0.15) is 13.2 Å². The normalized spacial score (nSPS) is 11.7. The summed E-state index contributed by atoms with van der Waals surface area (Å²) >= 11 is 0. The van der Waals surface area contributed by atoms with Gasteiger partial charge in [-0.15, -0.1) is 0 Å². The Morgan fingerprint density at radius 3 is 2.15 bits per heavy atom. The van der Waals surface area contributed by atoms with Crippen LogP contribution in [0.5, 0.6) is 0 Å². The molecular weight excluding hydrogens is 271 g/mol. The van der Waals surface area contributed by atoms with Crippen molar-refractivity contribution in [2.24, 2.45) is 5.73 Å². The zero-order chi connectivity index (χ0) is 15.1. The highest BCUT2D eigenvalue weighted by atomic mass is 19.4. The average Bonchev–Trinajstić information content (AvgIpc) is 2.67. The summed E-state index contributed by atoms with van der Waals surface area (Å²) in [5, 5.41) is 0. The van der Waals surface area contributed by atoms with Crippen LogP contribution in [0.15, 0.2) is 24.3 Å². The Hall–Kier alpha value is -2.31. The average molecular weight is 283 g/mol. The van der Waals surface area contributed by atoms with Crippen molar-refractivity contribution in [3.63, 3.8) is 0 Å². The van der Waals surface area contributed by atoms with E-state index in [0.29, 0.717) is 0 Å². The molecule has 0 aromatic carbocycles. The smallest absolute Gasteiger partial charge is 0.364 e. The van der Waals surface area contributed by atoms with Crippen molar-refractivity contribution < 1.29 is 18.0 Å². The third-order valence-electron chi connectivity index (χ3n) is 2.91. The van der Waals surface area contributed by atoms with E-state index in [9.17, 15) is 18.0 Å². The van der Waals surface area contributed by atoms with Gasteiger partial charge in [0.2, 0.25) is 0 Å². The Kier molecular flexibility index (Phi) is 3.29. The molecule has 0 bridgehead atoms. The van der Waals surface area contributed by atoms with E-state index in [-0.39, 0.29) is 5.69 Å². The molecule has 0 unspecified atom stereocenters. The lowest BCUT2D eigenvalue weighted by atomic mass is 10.2. The van der Waals surface area contributed by atoms with Crippen LogP contribution in [0.1, 0.15) is 27.6 Å². The van der Waals surface area contributed by atoms with Gasteiger partial charge in [0.25, 0.3) is 5.91 Å². The number of nitrogens with zero attached hydrogens (tertiary/aromatic N) is 2. The molecule has 0 saturated carbocycles. The zero-order valence-corrected chi connectivity index (χ0v) is 10.8. The summed E-state index contributed by atoms with van der Waals surface area (Å²) in [6.45, 7) is 3.55. The quantitative estimate of drug-likeness (QED) is 0.921. The van der Waals surface area contributed by atoms with E-state index < -0.39 is 23.5 Å². The molecule has 2 aromatic rings. The lowest BCUT2D eigenvalue weighted by molar-refractivity contribution is -0.141. The summed E-state index contributed by atoms with van der Waals surface area (Å²) in [5.41, 5.74) is 5.39. The summed E-state index contributed by atoms with van der Waals surface area (Å²) in [5.74, 6) is -1.00. The molecular formula is C13H12F3N3O. The highest BCUT2D eigenvalue weighted by molar-refractivity contribution is 5.94. The Morgan fingerprint density at radius 2 is 1.70 bits per heavy atom. The molecule has 0 aliphatic carbocycles. The van der Waals surface area contributed by atoms with Gasteiger partial charge in [0.05, 0.1) is 5.69 Å². The summed E-state index contributed by atoms with van der Waals surface area (Å²) < 4.78 is 39.6. The molecule has 7 heteroatoms. The first-order valence-corrected chi connectivity index (χ1v) is 5.75. The molecule has 2 aromatic heterocycles. The van der Waals surface area contributed by atoms with Crippen LogP contribution < -0.4 is 5.73 Å². The molecule has 0 spiro atoms. The molecule has 2 N–H and O–H groups in total. The van der Waals surface area contributed by atoms with Crippen molar-refractivity contribution in [2.75, 3.05) is 0 Å². The first-order chi connectivity index (χ1) is 9.21. The largest absolute Gasteiger partial charge is 0.433 e. The number of alkyl halides is 3. The fourth-order valence-corrected chi connectivity index (χ4v) is 2.02. The Bertz CT molecular complexity index is 654. The standard InChI is InChI=1S/C13H12F3N3O/c1-7-3-4-8(2)19(7)9-5-6-10(13(14,15)16)18-11(9)12(17)20/h3-6H,1-2H3,(H2,17,20).